The summed E-state index contributed by atoms with van der Waals surface area (Å²) < 4.78 is 10.5. The molecule has 0 aromatic carbocycles. The van der Waals surface area contributed by atoms with E-state index in [0.29, 0.717) is 6.10 Å². The normalized spacial score (nSPS) is 28.5. The van der Waals surface area contributed by atoms with Crippen molar-refractivity contribution in [3.63, 3.8) is 0 Å². The number of hydrogen-bond acceptors (Lipinski definition) is 2. The number of rotatable bonds is 2. The smallest absolute Gasteiger partial charge is 0.106 e. The maximum Gasteiger partial charge on any atom is 0.106 e. The number of hydrogen-bond donors (Lipinski definition) is 0. The first-order valence-corrected chi connectivity index (χ1v) is 4.37. The SMILES string of the molecule is COC1=CC(C2CO2)=C(C)CC1. The van der Waals surface area contributed by atoms with Gasteiger partial charge in [-0.2, -0.15) is 0 Å². The number of epoxide rings is 1. The van der Waals surface area contributed by atoms with Crippen LogP contribution in [0.1, 0.15) is 19.8 Å². The molecule has 2 heteroatoms. The molecule has 1 aliphatic heterocycles. The Hall–Kier alpha value is -0.760. The molecule has 1 heterocycles. The molecule has 0 bridgehead atoms. The third-order valence-electron chi connectivity index (χ3n) is 2.50. The molecule has 1 fully saturated rings. The Morgan fingerprint density at radius 3 is 2.83 bits per heavy atom. The van der Waals surface area contributed by atoms with Crippen molar-refractivity contribution in [2.24, 2.45) is 0 Å². The zero-order valence-corrected chi connectivity index (χ0v) is 7.59. The highest BCUT2D eigenvalue weighted by Crippen LogP contribution is 2.31. The van der Waals surface area contributed by atoms with Crippen molar-refractivity contribution >= 4 is 0 Å². The van der Waals surface area contributed by atoms with E-state index in [4.69, 9.17) is 9.47 Å². The van der Waals surface area contributed by atoms with Crippen LogP contribution in [0.5, 0.6) is 0 Å². The average molecular weight is 166 g/mol. The van der Waals surface area contributed by atoms with Crippen molar-refractivity contribution in [3.8, 4) is 0 Å². The highest BCUT2D eigenvalue weighted by atomic mass is 16.6. The van der Waals surface area contributed by atoms with E-state index in [1.54, 1.807) is 7.11 Å². The van der Waals surface area contributed by atoms with Gasteiger partial charge in [-0.15, -0.1) is 0 Å². The number of allylic oxidation sites excluding steroid dienone is 2. The molecular formula is C10H14O2. The molecule has 12 heavy (non-hydrogen) atoms. The first kappa shape index (κ1) is 7.87. The van der Waals surface area contributed by atoms with Crippen molar-refractivity contribution in [1.29, 1.82) is 0 Å². The number of ether oxygens (including phenoxy) is 2. The lowest BCUT2D eigenvalue weighted by Crippen LogP contribution is -2.03. The Kier molecular flexibility index (Phi) is 1.93. The zero-order valence-electron chi connectivity index (χ0n) is 7.59. The topological polar surface area (TPSA) is 21.8 Å². The fraction of sp³-hybridized carbons (Fsp3) is 0.600. The van der Waals surface area contributed by atoms with Crippen molar-refractivity contribution in [3.05, 3.63) is 23.0 Å². The predicted molar refractivity (Wildman–Crippen MR) is 46.8 cm³/mol. The maximum absolute atomic E-state index is 5.25. The Morgan fingerprint density at radius 2 is 2.25 bits per heavy atom. The highest BCUT2D eigenvalue weighted by molar-refractivity contribution is 5.35. The third-order valence-corrected chi connectivity index (χ3v) is 2.50. The van der Waals surface area contributed by atoms with Gasteiger partial charge in [-0.25, -0.2) is 0 Å². The molecule has 0 radical (unpaired) electrons. The van der Waals surface area contributed by atoms with E-state index in [2.05, 4.69) is 13.0 Å². The standard InChI is InChI=1S/C10H14O2/c1-7-3-4-8(11-2)5-9(7)10-6-12-10/h5,10H,3-4,6H2,1-2H3. The Morgan fingerprint density at radius 1 is 1.50 bits per heavy atom. The molecule has 66 valence electrons. The zero-order chi connectivity index (χ0) is 8.55. The van der Waals surface area contributed by atoms with Gasteiger partial charge in [0, 0.05) is 6.42 Å². The molecule has 0 aromatic heterocycles. The van der Waals surface area contributed by atoms with Crippen LogP contribution in [0.25, 0.3) is 0 Å². The monoisotopic (exact) mass is 166 g/mol. The molecule has 1 saturated heterocycles. The molecule has 0 amide bonds. The van der Waals surface area contributed by atoms with Crippen LogP contribution in [-0.2, 0) is 9.47 Å². The molecule has 0 N–H and O–H groups in total. The van der Waals surface area contributed by atoms with Crippen molar-refractivity contribution in [2.75, 3.05) is 13.7 Å². The van der Waals surface area contributed by atoms with Gasteiger partial charge in [-0.3, -0.25) is 0 Å². The fourth-order valence-electron chi connectivity index (χ4n) is 1.58. The van der Waals surface area contributed by atoms with E-state index in [9.17, 15) is 0 Å². The minimum Gasteiger partial charge on any atom is -0.501 e. The van der Waals surface area contributed by atoms with E-state index < -0.39 is 0 Å². The van der Waals surface area contributed by atoms with E-state index in [-0.39, 0.29) is 0 Å². The van der Waals surface area contributed by atoms with Crippen molar-refractivity contribution in [2.45, 2.75) is 25.9 Å². The second-order valence-electron chi connectivity index (χ2n) is 3.37. The summed E-state index contributed by atoms with van der Waals surface area (Å²) in [5.41, 5.74) is 2.80. The maximum atomic E-state index is 5.25. The summed E-state index contributed by atoms with van der Waals surface area (Å²) in [6.07, 6.45) is 4.67. The van der Waals surface area contributed by atoms with Crippen LogP contribution in [0.3, 0.4) is 0 Å². The molecular weight excluding hydrogens is 152 g/mol. The minimum absolute atomic E-state index is 0.371. The summed E-state index contributed by atoms with van der Waals surface area (Å²) in [6.45, 7) is 3.07. The molecule has 0 saturated carbocycles. The van der Waals surface area contributed by atoms with Gasteiger partial charge in [0.15, 0.2) is 0 Å². The van der Waals surface area contributed by atoms with Crippen molar-refractivity contribution in [1.82, 2.24) is 0 Å². The second kappa shape index (κ2) is 2.94. The molecule has 1 atom stereocenters. The van der Waals surface area contributed by atoms with Crippen LogP contribution in [0.2, 0.25) is 0 Å². The van der Waals surface area contributed by atoms with E-state index in [1.165, 1.54) is 11.1 Å². The molecule has 1 unspecified atom stereocenters. The van der Waals surface area contributed by atoms with Crippen LogP contribution >= 0.6 is 0 Å². The van der Waals surface area contributed by atoms with Crippen LogP contribution in [0.15, 0.2) is 23.0 Å². The summed E-state index contributed by atoms with van der Waals surface area (Å²) in [5.74, 6) is 1.09. The van der Waals surface area contributed by atoms with Gasteiger partial charge in [-0.05, 0) is 25.0 Å². The predicted octanol–water partition coefficient (Wildman–Crippen LogP) is 2.03. The van der Waals surface area contributed by atoms with Gasteiger partial charge in [0.1, 0.15) is 6.10 Å². The Labute approximate surface area is 72.9 Å². The van der Waals surface area contributed by atoms with Crippen LogP contribution in [0, 0.1) is 0 Å². The molecule has 0 aromatic rings. The Bertz CT molecular complexity index is 247. The lowest BCUT2D eigenvalue weighted by molar-refractivity contribution is 0.274. The van der Waals surface area contributed by atoms with Gasteiger partial charge >= 0.3 is 0 Å². The van der Waals surface area contributed by atoms with Crippen LogP contribution < -0.4 is 0 Å². The van der Waals surface area contributed by atoms with E-state index in [0.717, 1.165) is 25.2 Å². The summed E-state index contributed by atoms with van der Waals surface area (Å²) in [4.78, 5) is 0. The lowest BCUT2D eigenvalue weighted by atomic mass is 9.96. The average Bonchev–Trinajstić information content (AvgIpc) is 2.88. The summed E-state index contributed by atoms with van der Waals surface area (Å²) in [5, 5.41) is 0. The fourth-order valence-corrected chi connectivity index (χ4v) is 1.58. The van der Waals surface area contributed by atoms with E-state index >= 15 is 0 Å². The van der Waals surface area contributed by atoms with E-state index in [1.807, 2.05) is 0 Å². The van der Waals surface area contributed by atoms with Gasteiger partial charge in [-0.1, -0.05) is 5.57 Å². The quantitative estimate of drug-likeness (QED) is 0.585. The molecule has 2 aliphatic rings. The largest absolute Gasteiger partial charge is 0.501 e. The van der Waals surface area contributed by atoms with Crippen molar-refractivity contribution < 1.29 is 9.47 Å². The highest BCUT2D eigenvalue weighted by Gasteiger charge is 2.29. The van der Waals surface area contributed by atoms with Gasteiger partial charge in [0.2, 0.25) is 0 Å². The van der Waals surface area contributed by atoms with Gasteiger partial charge in [0.05, 0.1) is 19.5 Å². The lowest BCUT2D eigenvalue weighted by Gasteiger charge is -2.15. The first-order valence-electron chi connectivity index (χ1n) is 4.37. The summed E-state index contributed by atoms with van der Waals surface area (Å²) in [6, 6.07) is 0. The second-order valence-corrected chi connectivity index (χ2v) is 3.37. The molecule has 1 aliphatic carbocycles. The summed E-state index contributed by atoms with van der Waals surface area (Å²) >= 11 is 0. The van der Waals surface area contributed by atoms with Crippen LogP contribution in [0.4, 0.5) is 0 Å². The third kappa shape index (κ3) is 1.39. The minimum atomic E-state index is 0.371. The number of methoxy groups -OCH3 is 1. The molecule has 2 rings (SSSR count). The van der Waals surface area contributed by atoms with Crippen LogP contribution in [-0.4, -0.2) is 19.8 Å². The first-order chi connectivity index (χ1) is 5.81. The summed E-state index contributed by atoms with van der Waals surface area (Å²) in [7, 11) is 1.73. The molecule has 2 nitrogen and oxygen atoms in total. The van der Waals surface area contributed by atoms with Gasteiger partial charge < -0.3 is 9.47 Å². The Balaban J connectivity index is 2.20. The van der Waals surface area contributed by atoms with Gasteiger partial charge in [0.25, 0.3) is 0 Å². The molecule has 0 spiro atoms.